The Hall–Kier alpha value is -1.62. The lowest BCUT2D eigenvalue weighted by Gasteiger charge is -2.35. The van der Waals surface area contributed by atoms with Gasteiger partial charge in [0.05, 0.1) is 6.04 Å². The molecule has 2 aromatic heterocycles. The largest absolute Gasteiger partial charge is 0.351 e. The van der Waals surface area contributed by atoms with Crippen LogP contribution in [-0.2, 0) is 4.79 Å². The normalized spacial score (nSPS) is 20.1. The van der Waals surface area contributed by atoms with Gasteiger partial charge in [0.1, 0.15) is 5.01 Å². The summed E-state index contributed by atoms with van der Waals surface area (Å²) in [6.45, 7) is 4.98. The molecule has 1 aliphatic rings. The molecule has 0 unspecified atom stereocenters. The summed E-state index contributed by atoms with van der Waals surface area (Å²) in [5.41, 5.74) is 1.05. The van der Waals surface area contributed by atoms with Crippen molar-refractivity contribution in [2.45, 2.75) is 51.6 Å². The fourth-order valence-electron chi connectivity index (χ4n) is 3.13. The standard InChI is InChI=1S/C17H23N3OS/c1-13-12-22-17(18-13)15-7-3-4-10-20(15)16(21)11-14(2)19-8-5-6-9-19/h5-6,8-9,12,14-15H,3-4,7,10-11H2,1-2H3/t14-,15+/m0/s1. The second-order valence-electron chi connectivity index (χ2n) is 6.11. The summed E-state index contributed by atoms with van der Waals surface area (Å²) < 4.78 is 2.10. The van der Waals surface area contributed by atoms with Gasteiger partial charge in [0, 0.05) is 42.5 Å². The number of rotatable bonds is 4. The number of aromatic nitrogens is 2. The minimum atomic E-state index is 0.178. The Morgan fingerprint density at radius 3 is 2.86 bits per heavy atom. The van der Waals surface area contributed by atoms with Crippen LogP contribution in [0.3, 0.4) is 0 Å². The van der Waals surface area contributed by atoms with Gasteiger partial charge in [-0.15, -0.1) is 11.3 Å². The molecular weight excluding hydrogens is 294 g/mol. The lowest BCUT2D eigenvalue weighted by molar-refractivity contribution is -0.135. The molecular formula is C17H23N3OS. The van der Waals surface area contributed by atoms with Gasteiger partial charge in [0.25, 0.3) is 0 Å². The van der Waals surface area contributed by atoms with Crippen LogP contribution in [-0.4, -0.2) is 26.9 Å². The molecule has 3 rings (SSSR count). The van der Waals surface area contributed by atoms with E-state index in [4.69, 9.17) is 0 Å². The molecule has 0 aromatic carbocycles. The minimum absolute atomic E-state index is 0.178. The molecule has 0 bridgehead atoms. The molecule has 1 fully saturated rings. The first kappa shape index (κ1) is 15.3. The molecule has 0 spiro atoms. The Kier molecular flexibility index (Phi) is 4.62. The van der Waals surface area contributed by atoms with Crippen molar-refractivity contribution < 1.29 is 4.79 Å². The summed E-state index contributed by atoms with van der Waals surface area (Å²) >= 11 is 1.68. The molecule has 2 atom stereocenters. The van der Waals surface area contributed by atoms with E-state index in [1.54, 1.807) is 11.3 Å². The lowest BCUT2D eigenvalue weighted by atomic mass is 10.0. The van der Waals surface area contributed by atoms with Crippen LogP contribution in [0.25, 0.3) is 0 Å². The van der Waals surface area contributed by atoms with E-state index in [2.05, 4.69) is 26.8 Å². The first-order valence-electron chi connectivity index (χ1n) is 7.99. The molecule has 0 saturated carbocycles. The summed E-state index contributed by atoms with van der Waals surface area (Å²) in [6.07, 6.45) is 7.92. The summed E-state index contributed by atoms with van der Waals surface area (Å²) in [4.78, 5) is 19.5. The Bertz CT molecular complexity index is 620. The molecule has 1 amide bonds. The summed E-state index contributed by atoms with van der Waals surface area (Å²) in [6, 6.07) is 4.38. The molecule has 0 radical (unpaired) electrons. The maximum Gasteiger partial charge on any atom is 0.225 e. The monoisotopic (exact) mass is 317 g/mol. The molecule has 4 nitrogen and oxygen atoms in total. The highest BCUT2D eigenvalue weighted by Crippen LogP contribution is 2.33. The molecule has 3 heterocycles. The van der Waals surface area contributed by atoms with Crippen LogP contribution in [0.4, 0.5) is 0 Å². The number of hydrogen-bond donors (Lipinski definition) is 0. The second-order valence-corrected chi connectivity index (χ2v) is 7.00. The van der Waals surface area contributed by atoms with E-state index in [0.717, 1.165) is 30.1 Å². The van der Waals surface area contributed by atoms with Gasteiger partial charge < -0.3 is 9.47 Å². The van der Waals surface area contributed by atoms with Crippen LogP contribution in [0.15, 0.2) is 29.9 Å². The van der Waals surface area contributed by atoms with Crippen LogP contribution in [0, 0.1) is 6.92 Å². The number of thiazole rings is 1. The number of likely N-dealkylation sites (tertiary alicyclic amines) is 1. The van der Waals surface area contributed by atoms with Crippen molar-refractivity contribution in [2.24, 2.45) is 0 Å². The zero-order valence-corrected chi connectivity index (χ0v) is 14.1. The fourth-order valence-corrected chi connectivity index (χ4v) is 4.07. The van der Waals surface area contributed by atoms with Gasteiger partial charge >= 0.3 is 0 Å². The molecule has 22 heavy (non-hydrogen) atoms. The van der Waals surface area contributed by atoms with Crippen molar-refractivity contribution in [3.63, 3.8) is 0 Å². The Morgan fingerprint density at radius 1 is 1.41 bits per heavy atom. The molecule has 0 aliphatic carbocycles. The van der Waals surface area contributed by atoms with E-state index in [1.165, 1.54) is 6.42 Å². The van der Waals surface area contributed by atoms with Crippen molar-refractivity contribution >= 4 is 17.2 Å². The van der Waals surface area contributed by atoms with E-state index < -0.39 is 0 Å². The number of carbonyl (C=O) groups is 1. The highest BCUT2D eigenvalue weighted by Gasteiger charge is 2.30. The number of amides is 1. The van der Waals surface area contributed by atoms with Gasteiger partial charge in [-0.25, -0.2) is 4.98 Å². The summed E-state index contributed by atoms with van der Waals surface area (Å²) in [5, 5.41) is 3.17. The van der Waals surface area contributed by atoms with Gasteiger partial charge in [-0.3, -0.25) is 4.79 Å². The molecule has 5 heteroatoms. The molecule has 1 saturated heterocycles. The summed E-state index contributed by atoms with van der Waals surface area (Å²) in [5.74, 6) is 0.249. The molecule has 1 aliphatic heterocycles. The number of aryl methyl sites for hydroxylation is 1. The van der Waals surface area contributed by atoms with E-state index in [1.807, 2.05) is 31.5 Å². The molecule has 2 aromatic rings. The number of carbonyl (C=O) groups excluding carboxylic acids is 1. The average molecular weight is 317 g/mol. The number of hydrogen-bond acceptors (Lipinski definition) is 3. The minimum Gasteiger partial charge on any atom is -0.351 e. The van der Waals surface area contributed by atoms with Crippen molar-refractivity contribution in [3.8, 4) is 0 Å². The zero-order valence-electron chi connectivity index (χ0n) is 13.2. The van der Waals surface area contributed by atoms with Crippen molar-refractivity contribution in [2.75, 3.05) is 6.54 Å². The van der Waals surface area contributed by atoms with Gasteiger partial charge in [-0.1, -0.05) is 0 Å². The highest BCUT2D eigenvalue weighted by molar-refractivity contribution is 7.09. The SMILES string of the molecule is Cc1csc([C@H]2CCCCN2C(=O)C[C@H](C)n2cccc2)n1. The van der Waals surface area contributed by atoms with Crippen LogP contribution in [0.1, 0.15) is 55.4 Å². The topological polar surface area (TPSA) is 38.1 Å². The van der Waals surface area contributed by atoms with E-state index >= 15 is 0 Å². The first-order valence-corrected chi connectivity index (χ1v) is 8.87. The van der Waals surface area contributed by atoms with Gasteiger partial charge in [0.15, 0.2) is 0 Å². The quantitative estimate of drug-likeness (QED) is 0.856. The third-order valence-electron chi connectivity index (χ3n) is 4.35. The molecule has 0 N–H and O–H groups in total. The van der Waals surface area contributed by atoms with Crippen molar-refractivity contribution in [1.82, 2.24) is 14.5 Å². The lowest BCUT2D eigenvalue weighted by Crippen LogP contribution is -2.39. The van der Waals surface area contributed by atoms with Gasteiger partial charge in [0.2, 0.25) is 5.91 Å². The number of nitrogens with zero attached hydrogens (tertiary/aromatic N) is 3. The fraction of sp³-hybridized carbons (Fsp3) is 0.529. The van der Waals surface area contributed by atoms with Crippen LogP contribution in [0.5, 0.6) is 0 Å². The second kappa shape index (κ2) is 6.65. The zero-order chi connectivity index (χ0) is 15.5. The third-order valence-corrected chi connectivity index (χ3v) is 5.42. The Balaban J connectivity index is 1.71. The van der Waals surface area contributed by atoms with E-state index in [-0.39, 0.29) is 18.0 Å². The first-order chi connectivity index (χ1) is 10.6. The highest BCUT2D eigenvalue weighted by atomic mass is 32.1. The van der Waals surface area contributed by atoms with Crippen molar-refractivity contribution in [3.05, 3.63) is 40.6 Å². The van der Waals surface area contributed by atoms with Crippen LogP contribution < -0.4 is 0 Å². The number of piperidine rings is 1. The van der Waals surface area contributed by atoms with Crippen molar-refractivity contribution in [1.29, 1.82) is 0 Å². The van der Waals surface area contributed by atoms with Crippen LogP contribution >= 0.6 is 11.3 Å². The average Bonchev–Trinajstić information content (AvgIpc) is 3.18. The maximum absolute atomic E-state index is 12.8. The smallest absolute Gasteiger partial charge is 0.225 e. The van der Waals surface area contributed by atoms with E-state index in [0.29, 0.717) is 6.42 Å². The Morgan fingerprint density at radius 2 is 2.18 bits per heavy atom. The van der Waals surface area contributed by atoms with Gasteiger partial charge in [-0.2, -0.15) is 0 Å². The predicted molar refractivity (Wildman–Crippen MR) is 88.9 cm³/mol. The van der Waals surface area contributed by atoms with Gasteiger partial charge in [-0.05, 0) is 45.2 Å². The summed E-state index contributed by atoms with van der Waals surface area (Å²) in [7, 11) is 0. The Labute approximate surface area is 135 Å². The third kappa shape index (κ3) is 3.24. The maximum atomic E-state index is 12.8. The predicted octanol–water partition coefficient (Wildman–Crippen LogP) is 3.96. The van der Waals surface area contributed by atoms with E-state index in [9.17, 15) is 4.79 Å². The van der Waals surface area contributed by atoms with Crippen LogP contribution in [0.2, 0.25) is 0 Å². The molecule has 118 valence electrons.